The summed E-state index contributed by atoms with van der Waals surface area (Å²) < 4.78 is 24.6. The highest BCUT2D eigenvalue weighted by Crippen LogP contribution is 2.60. The molecule has 0 aromatic heterocycles. The van der Waals surface area contributed by atoms with Crippen molar-refractivity contribution in [2.75, 3.05) is 13.2 Å². The van der Waals surface area contributed by atoms with E-state index in [4.69, 9.17) is 9.05 Å². The van der Waals surface area contributed by atoms with Crippen molar-refractivity contribution in [2.24, 2.45) is 0 Å². The fourth-order valence-electron chi connectivity index (χ4n) is 2.04. The minimum Gasteiger partial charge on any atom is -0.508 e. The maximum atomic E-state index is 13.2. The van der Waals surface area contributed by atoms with E-state index in [0.717, 1.165) is 11.1 Å². The van der Waals surface area contributed by atoms with Gasteiger partial charge in [-0.3, -0.25) is 0 Å². The Hall–Kier alpha value is -1.13. The van der Waals surface area contributed by atoms with Gasteiger partial charge < -0.3 is 14.2 Å². The number of hydrogen-bond donors (Lipinski definition) is 1. The fraction of sp³-hybridized carbons (Fsp3) is 0.294. The van der Waals surface area contributed by atoms with Crippen LogP contribution in [-0.2, 0) is 9.05 Å². The number of halogens is 1. The van der Waals surface area contributed by atoms with Crippen LogP contribution in [0.2, 0.25) is 0 Å². The normalized spacial score (nSPS) is 12.5. The third kappa shape index (κ3) is 5.18. The monoisotopic (exact) mass is 354 g/mol. The molecule has 1 atom stereocenters. The highest BCUT2D eigenvalue weighted by Gasteiger charge is 2.24. The first-order valence-electron chi connectivity index (χ1n) is 7.41. The molecule has 0 spiro atoms. The molecule has 23 heavy (non-hydrogen) atoms. The molecule has 0 aliphatic rings. The highest BCUT2D eigenvalue weighted by atomic mass is 32.7. The zero-order valence-corrected chi connectivity index (χ0v) is 14.8. The van der Waals surface area contributed by atoms with E-state index in [2.05, 4.69) is 0 Å². The summed E-state index contributed by atoms with van der Waals surface area (Å²) >= 11 is 1.50. The Bertz CT molecular complexity index is 603. The van der Waals surface area contributed by atoms with Crippen LogP contribution in [0, 0.1) is 5.82 Å². The van der Waals surface area contributed by atoms with Crippen LogP contribution >= 0.6 is 19.0 Å². The maximum absolute atomic E-state index is 13.2. The fourth-order valence-corrected chi connectivity index (χ4v) is 5.64. The molecule has 2 aromatic carbocycles. The third-order valence-electron chi connectivity index (χ3n) is 3.05. The molecule has 0 fully saturated rings. The lowest BCUT2D eigenvalue weighted by Gasteiger charge is -2.23. The zero-order valence-electron chi connectivity index (χ0n) is 13.1. The molecule has 124 valence electrons. The minimum atomic E-state index is -1.16. The largest absolute Gasteiger partial charge is 0.508 e. The Kier molecular flexibility index (Phi) is 7.31. The number of hydrogen-bond acceptors (Lipinski definition) is 4. The van der Waals surface area contributed by atoms with Crippen molar-refractivity contribution in [1.29, 1.82) is 0 Å². The number of aromatic hydroxyl groups is 1. The van der Waals surface area contributed by atoms with Crippen molar-refractivity contribution in [3.63, 3.8) is 0 Å². The molecular weight excluding hydrogens is 334 g/mol. The smallest absolute Gasteiger partial charge is 0.238 e. The van der Waals surface area contributed by atoms with Crippen LogP contribution in [-0.4, -0.2) is 18.3 Å². The van der Waals surface area contributed by atoms with Gasteiger partial charge in [0, 0.05) is 5.56 Å². The van der Waals surface area contributed by atoms with Gasteiger partial charge in [0.1, 0.15) is 11.6 Å². The van der Waals surface area contributed by atoms with E-state index in [9.17, 15) is 9.50 Å². The van der Waals surface area contributed by atoms with Crippen LogP contribution < -0.4 is 0 Å². The van der Waals surface area contributed by atoms with Crippen molar-refractivity contribution < 1.29 is 18.5 Å². The number of phenols is 1. The molecule has 0 bridgehead atoms. The van der Waals surface area contributed by atoms with Gasteiger partial charge in [0.25, 0.3) is 0 Å². The van der Waals surface area contributed by atoms with E-state index in [1.54, 1.807) is 24.3 Å². The molecule has 0 radical (unpaired) electrons. The first kappa shape index (κ1) is 18.2. The molecule has 0 heterocycles. The van der Waals surface area contributed by atoms with Gasteiger partial charge in [0.05, 0.1) is 18.5 Å². The minimum absolute atomic E-state index is 0.194. The van der Waals surface area contributed by atoms with Gasteiger partial charge in [0.15, 0.2) is 0 Å². The van der Waals surface area contributed by atoms with E-state index in [0.29, 0.717) is 13.2 Å². The summed E-state index contributed by atoms with van der Waals surface area (Å²) in [5.74, 6) is -0.0797. The van der Waals surface area contributed by atoms with Crippen LogP contribution in [0.3, 0.4) is 0 Å². The Morgan fingerprint density at radius 3 is 2.22 bits per heavy atom. The van der Waals surface area contributed by atoms with Crippen LogP contribution in [0.4, 0.5) is 4.39 Å². The molecular formula is C17H20FO3PS. The van der Waals surface area contributed by atoms with Crippen molar-refractivity contribution in [1.82, 2.24) is 0 Å². The molecule has 1 N–H and O–H groups in total. The van der Waals surface area contributed by atoms with Crippen molar-refractivity contribution in [3.05, 3.63) is 65.5 Å². The molecule has 6 heteroatoms. The predicted octanol–water partition coefficient (Wildman–Crippen LogP) is 5.65. The van der Waals surface area contributed by atoms with E-state index in [1.165, 1.54) is 23.5 Å². The van der Waals surface area contributed by atoms with Crippen LogP contribution in [0.15, 0.2) is 48.5 Å². The van der Waals surface area contributed by atoms with Crippen molar-refractivity contribution in [2.45, 2.75) is 19.1 Å². The molecule has 3 nitrogen and oxygen atoms in total. The predicted molar refractivity (Wildman–Crippen MR) is 94.1 cm³/mol. The molecule has 2 rings (SSSR count). The summed E-state index contributed by atoms with van der Waals surface area (Å²) in [4.78, 5) is 0. The summed E-state index contributed by atoms with van der Waals surface area (Å²) in [5, 5.41) is 10.0. The summed E-state index contributed by atoms with van der Waals surface area (Å²) in [6, 6.07) is 13.5. The van der Waals surface area contributed by atoms with Crippen LogP contribution in [0.5, 0.6) is 5.75 Å². The Labute approximate surface area is 141 Å². The summed E-state index contributed by atoms with van der Waals surface area (Å²) in [5.41, 5.74) is 1.65. The van der Waals surface area contributed by atoms with Gasteiger partial charge in [-0.1, -0.05) is 41.7 Å². The molecule has 0 amide bonds. The van der Waals surface area contributed by atoms with Crippen molar-refractivity contribution in [3.8, 4) is 5.75 Å². The van der Waals surface area contributed by atoms with Gasteiger partial charge in [-0.05, 0) is 37.6 Å². The van der Waals surface area contributed by atoms with Crippen molar-refractivity contribution >= 4 is 19.0 Å². The van der Waals surface area contributed by atoms with Crippen LogP contribution in [0.1, 0.15) is 30.2 Å². The number of benzene rings is 2. The molecule has 0 aliphatic heterocycles. The molecule has 0 saturated heterocycles. The zero-order chi connectivity index (χ0) is 16.7. The SMILES string of the molecule is CCOP(OCC)SC(c1ccc(F)cc1)c1ccccc1O. The second-order valence-electron chi connectivity index (χ2n) is 4.65. The third-order valence-corrected chi connectivity index (χ3v) is 6.68. The summed E-state index contributed by atoms with van der Waals surface area (Å²) in [7, 11) is -1.16. The second-order valence-corrected chi connectivity index (χ2v) is 7.83. The first-order chi connectivity index (χ1) is 11.2. The second kappa shape index (κ2) is 9.24. The molecule has 0 aliphatic carbocycles. The van der Waals surface area contributed by atoms with E-state index in [1.807, 2.05) is 26.0 Å². The average Bonchev–Trinajstić information content (AvgIpc) is 2.55. The number of phenolic OH excluding ortho intramolecular Hbond substituents is 1. The first-order valence-corrected chi connectivity index (χ1v) is 10.1. The quantitative estimate of drug-likeness (QED) is 0.621. The summed E-state index contributed by atoms with van der Waals surface area (Å²) in [6.45, 7) is 4.94. The van der Waals surface area contributed by atoms with Crippen LogP contribution in [0.25, 0.3) is 0 Å². The van der Waals surface area contributed by atoms with E-state index in [-0.39, 0.29) is 16.8 Å². The lowest BCUT2D eigenvalue weighted by molar-refractivity contribution is 0.283. The lowest BCUT2D eigenvalue weighted by atomic mass is 10.0. The van der Waals surface area contributed by atoms with Gasteiger partial charge in [-0.15, -0.1) is 0 Å². The van der Waals surface area contributed by atoms with Gasteiger partial charge >= 0.3 is 0 Å². The Morgan fingerprint density at radius 1 is 1.04 bits per heavy atom. The average molecular weight is 354 g/mol. The Morgan fingerprint density at radius 2 is 1.65 bits per heavy atom. The lowest BCUT2D eigenvalue weighted by Crippen LogP contribution is -1.99. The molecule has 2 aromatic rings. The van der Waals surface area contributed by atoms with E-state index < -0.39 is 7.58 Å². The standard InChI is InChI=1S/C17H20FO3PS/c1-3-20-22(21-4-2)23-17(13-9-11-14(18)12-10-13)15-7-5-6-8-16(15)19/h5-12,17,19H,3-4H2,1-2H3. The number of rotatable bonds is 8. The summed E-state index contributed by atoms with van der Waals surface area (Å²) in [6.07, 6.45) is 0. The van der Waals surface area contributed by atoms with Gasteiger partial charge in [0.2, 0.25) is 7.58 Å². The topological polar surface area (TPSA) is 38.7 Å². The molecule has 1 unspecified atom stereocenters. The number of para-hydroxylation sites is 1. The van der Waals surface area contributed by atoms with E-state index >= 15 is 0 Å². The van der Waals surface area contributed by atoms with Gasteiger partial charge in [-0.25, -0.2) is 4.39 Å². The molecule has 0 saturated carbocycles. The van der Waals surface area contributed by atoms with Gasteiger partial charge in [-0.2, -0.15) is 0 Å². The maximum Gasteiger partial charge on any atom is 0.238 e. The highest BCUT2D eigenvalue weighted by molar-refractivity contribution is 8.53. The Balaban J connectivity index is 2.34.